The number of para-hydroxylation sites is 1. The van der Waals surface area contributed by atoms with Gasteiger partial charge in [0.05, 0.1) is 5.52 Å². The molecule has 1 aromatic heterocycles. The largest absolute Gasteiger partial charge is 0.362 e. The number of aromatic nitrogens is 2. The number of aryl methyl sites for hydroxylation is 1. The first kappa shape index (κ1) is 21.3. The van der Waals surface area contributed by atoms with Gasteiger partial charge in [-0.05, 0) is 84.5 Å². The lowest BCUT2D eigenvalue weighted by molar-refractivity contribution is 0.352. The van der Waals surface area contributed by atoms with Crippen LogP contribution in [0.1, 0.15) is 36.8 Å². The zero-order valence-corrected chi connectivity index (χ0v) is 20.1. The van der Waals surface area contributed by atoms with Crippen molar-refractivity contribution in [1.82, 2.24) is 15.3 Å². The molecule has 2 aromatic carbocycles. The molecule has 1 saturated carbocycles. The van der Waals surface area contributed by atoms with Crippen molar-refractivity contribution < 1.29 is 0 Å². The standard InChI is InChI=1S/C24H30IN5/c1-16-8-9-17(14-21(16)25)15-26-18-10-12-19(13-11-18)27-24-28-22-7-5-4-6-20(22)23(29-24)30(2)3/h4-9,14,18-19,26H,10-13,15H2,1-3H3,(H,27,28,29)/t18-,19+. The fourth-order valence-electron chi connectivity index (χ4n) is 4.10. The number of fused-ring (bicyclic) bond motifs is 1. The number of rotatable bonds is 6. The molecule has 0 spiro atoms. The molecule has 1 heterocycles. The Labute approximate surface area is 192 Å². The Hall–Kier alpha value is -1.93. The number of nitrogens with zero attached hydrogens (tertiary/aromatic N) is 3. The summed E-state index contributed by atoms with van der Waals surface area (Å²) in [5, 5.41) is 8.44. The van der Waals surface area contributed by atoms with Crippen molar-refractivity contribution in [2.75, 3.05) is 24.3 Å². The highest BCUT2D eigenvalue weighted by Gasteiger charge is 2.22. The van der Waals surface area contributed by atoms with Crippen molar-refractivity contribution >= 4 is 45.3 Å². The van der Waals surface area contributed by atoms with Crippen molar-refractivity contribution in [3.05, 3.63) is 57.2 Å². The van der Waals surface area contributed by atoms with E-state index in [9.17, 15) is 0 Å². The molecule has 0 atom stereocenters. The molecule has 1 fully saturated rings. The lowest BCUT2D eigenvalue weighted by Crippen LogP contribution is -2.37. The van der Waals surface area contributed by atoms with Gasteiger partial charge in [0.2, 0.25) is 5.95 Å². The molecule has 0 amide bonds. The van der Waals surface area contributed by atoms with E-state index in [1.165, 1.54) is 27.5 Å². The van der Waals surface area contributed by atoms with Crippen molar-refractivity contribution in [3.8, 4) is 0 Å². The van der Waals surface area contributed by atoms with Crippen LogP contribution in [0.3, 0.4) is 0 Å². The van der Waals surface area contributed by atoms with Gasteiger partial charge in [0.1, 0.15) is 5.82 Å². The number of hydrogen-bond acceptors (Lipinski definition) is 5. The molecule has 0 unspecified atom stereocenters. The van der Waals surface area contributed by atoms with Gasteiger partial charge in [0.25, 0.3) is 0 Å². The SMILES string of the molecule is Cc1ccc(CN[C@H]2CC[C@@H](Nc3nc(N(C)C)c4ccccc4n3)CC2)cc1I. The van der Waals surface area contributed by atoms with E-state index in [-0.39, 0.29) is 0 Å². The maximum Gasteiger partial charge on any atom is 0.225 e. The van der Waals surface area contributed by atoms with E-state index >= 15 is 0 Å². The Balaban J connectivity index is 1.34. The number of nitrogens with one attached hydrogen (secondary N) is 2. The Kier molecular flexibility index (Phi) is 6.73. The van der Waals surface area contributed by atoms with Gasteiger partial charge in [0, 0.05) is 41.7 Å². The summed E-state index contributed by atoms with van der Waals surface area (Å²) in [6.45, 7) is 3.10. The third-order valence-electron chi connectivity index (χ3n) is 5.90. The molecule has 0 saturated heterocycles. The highest BCUT2D eigenvalue weighted by molar-refractivity contribution is 14.1. The van der Waals surface area contributed by atoms with E-state index in [1.807, 2.05) is 26.2 Å². The molecule has 0 radical (unpaired) electrons. The van der Waals surface area contributed by atoms with Crippen LogP contribution < -0.4 is 15.5 Å². The first-order valence-corrected chi connectivity index (χ1v) is 11.8. The second kappa shape index (κ2) is 9.47. The van der Waals surface area contributed by atoms with Crippen molar-refractivity contribution in [2.24, 2.45) is 0 Å². The molecule has 0 aliphatic heterocycles. The first-order valence-electron chi connectivity index (χ1n) is 10.7. The third kappa shape index (κ3) is 5.03. The molecular weight excluding hydrogens is 485 g/mol. The van der Waals surface area contributed by atoms with Crippen LogP contribution in [0.2, 0.25) is 0 Å². The number of hydrogen-bond donors (Lipinski definition) is 2. The zero-order valence-electron chi connectivity index (χ0n) is 18.0. The van der Waals surface area contributed by atoms with Gasteiger partial charge in [-0.3, -0.25) is 0 Å². The van der Waals surface area contributed by atoms with E-state index in [0.29, 0.717) is 12.1 Å². The lowest BCUT2D eigenvalue weighted by Gasteiger charge is -2.30. The Morgan fingerprint density at radius 3 is 2.47 bits per heavy atom. The van der Waals surface area contributed by atoms with Crippen LogP contribution in [0.5, 0.6) is 0 Å². The smallest absolute Gasteiger partial charge is 0.225 e. The van der Waals surface area contributed by atoms with Crippen molar-refractivity contribution in [3.63, 3.8) is 0 Å². The Morgan fingerprint density at radius 2 is 1.73 bits per heavy atom. The van der Waals surface area contributed by atoms with Gasteiger partial charge in [-0.25, -0.2) is 4.98 Å². The van der Waals surface area contributed by atoms with Crippen LogP contribution in [0.15, 0.2) is 42.5 Å². The van der Waals surface area contributed by atoms with Gasteiger partial charge < -0.3 is 15.5 Å². The maximum absolute atomic E-state index is 4.79. The second-order valence-corrected chi connectivity index (χ2v) is 9.60. The summed E-state index contributed by atoms with van der Waals surface area (Å²) in [6.07, 6.45) is 4.62. The average molecular weight is 515 g/mol. The van der Waals surface area contributed by atoms with E-state index < -0.39 is 0 Å². The molecule has 1 aliphatic rings. The number of anilines is 2. The first-order chi connectivity index (χ1) is 14.5. The quantitative estimate of drug-likeness (QED) is 0.447. The van der Waals surface area contributed by atoms with Gasteiger partial charge in [-0.2, -0.15) is 4.98 Å². The number of benzene rings is 2. The normalized spacial score (nSPS) is 19.1. The second-order valence-electron chi connectivity index (χ2n) is 8.44. The maximum atomic E-state index is 4.79. The van der Waals surface area contributed by atoms with Crippen LogP contribution in [0.4, 0.5) is 11.8 Å². The topological polar surface area (TPSA) is 53.1 Å². The van der Waals surface area contributed by atoms with Crippen molar-refractivity contribution in [2.45, 2.75) is 51.2 Å². The fourth-order valence-corrected chi connectivity index (χ4v) is 4.68. The summed E-state index contributed by atoms with van der Waals surface area (Å²) in [5.74, 6) is 1.70. The predicted octanol–water partition coefficient (Wildman–Crippen LogP) is 5.12. The molecule has 3 aromatic rings. The molecule has 158 valence electrons. The molecule has 30 heavy (non-hydrogen) atoms. The minimum absolute atomic E-state index is 0.430. The molecule has 6 heteroatoms. The fraction of sp³-hybridized carbons (Fsp3) is 0.417. The summed E-state index contributed by atoms with van der Waals surface area (Å²) in [5.41, 5.74) is 3.70. The van der Waals surface area contributed by atoms with Crippen molar-refractivity contribution in [1.29, 1.82) is 0 Å². The van der Waals surface area contributed by atoms with E-state index in [2.05, 4.69) is 75.4 Å². The monoisotopic (exact) mass is 515 g/mol. The Morgan fingerprint density at radius 1 is 1.00 bits per heavy atom. The van der Waals surface area contributed by atoms with E-state index in [4.69, 9.17) is 9.97 Å². The average Bonchev–Trinajstić information content (AvgIpc) is 2.75. The predicted molar refractivity (Wildman–Crippen MR) is 134 cm³/mol. The van der Waals surface area contributed by atoms with Crippen LogP contribution in [-0.4, -0.2) is 36.1 Å². The van der Waals surface area contributed by atoms with Crippen LogP contribution in [-0.2, 0) is 6.54 Å². The Bertz CT molecular complexity index is 1010. The molecule has 0 bridgehead atoms. The molecule has 4 rings (SSSR count). The minimum Gasteiger partial charge on any atom is -0.362 e. The van der Waals surface area contributed by atoms with Gasteiger partial charge >= 0.3 is 0 Å². The molecule has 1 aliphatic carbocycles. The van der Waals surface area contributed by atoms with Crippen LogP contribution >= 0.6 is 22.6 Å². The zero-order chi connectivity index (χ0) is 21.1. The highest BCUT2D eigenvalue weighted by atomic mass is 127. The molecule has 5 nitrogen and oxygen atoms in total. The van der Waals surface area contributed by atoms with Crippen LogP contribution in [0, 0.1) is 10.5 Å². The summed E-state index contributed by atoms with van der Waals surface area (Å²) in [6, 6.07) is 16.0. The summed E-state index contributed by atoms with van der Waals surface area (Å²) in [4.78, 5) is 11.6. The number of halogens is 1. The summed E-state index contributed by atoms with van der Waals surface area (Å²) < 4.78 is 1.34. The summed E-state index contributed by atoms with van der Waals surface area (Å²) in [7, 11) is 4.06. The van der Waals surface area contributed by atoms with Gasteiger partial charge in [0.15, 0.2) is 0 Å². The van der Waals surface area contributed by atoms with E-state index in [1.54, 1.807) is 0 Å². The van der Waals surface area contributed by atoms with E-state index in [0.717, 1.165) is 42.1 Å². The van der Waals surface area contributed by atoms with Gasteiger partial charge in [-0.1, -0.05) is 24.3 Å². The third-order valence-corrected chi connectivity index (χ3v) is 7.06. The van der Waals surface area contributed by atoms with Gasteiger partial charge in [-0.15, -0.1) is 0 Å². The summed E-state index contributed by atoms with van der Waals surface area (Å²) >= 11 is 2.42. The minimum atomic E-state index is 0.430. The lowest BCUT2D eigenvalue weighted by atomic mass is 9.91. The van der Waals surface area contributed by atoms with Crippen LogP contribution in [0.25, 0.3) is 10.9 Å². The molecule has 2 N–H and O–H groups in total. The highest BCUT2D eigenvalue weighted by Crippen LogP contribution is 2.26. The molecular formula is C24H30IN5.